The summed E-state index contributed by atoms with van der Waals surface area (Å²) in [6.07, 6.45) is 1.59. The second-order valence-electron chi connectivity index (χ2n) is 8.27. The van der Waals surface area contributed by atoms with Gasteiger partial charge in [-0.1, -0.05) is 0 Å². The van der Waals surface area contributed by atoms with Gasteiger partial charge in [0.15, 0.2) is 0 Å². The summed E-state index contributed by atoms with van der Waals surface area (Å²) >= 11 is 0. The smallest absolute Gasteiger partial charge is 0.132 e. The van der Waals surface area contributed by atoms with Crippen LogP contribution in [0.5, 0.6) is 0 Å². The number of nitriles is 1. The Kier molecular flexibility index (Phi) is 6.75. The van der Waals surface area contributed by atoms with Crippen LogP contribution in [0.4, 0.5) is 34.3 Å². The van der Waals surface area contributed by atoms with Crippen molar-refractivity contribution in [3.05, 3.63) is 66.4 Å². The van der Waals surface area contributed by atoms with Crippen LogP contribution in [0.25, 0.3) is 0 Å². The minimum absolute atomic E-state index is 0.491. The Morgan fingerprint density at radius 3 is 1.74 bits per heavy atom. The first-order chi connectivity index (χ1) is 16.8. The number of nitrogens with one attached hydrogen (secondary N) is 2. The molecule has 0 amide bonds. The number of pyridine rings is 1. The van der Waals surface area contributed by atoms with Gasteiger partial charge in [-0.2, -0.15) is 5.26 Å². The molecule has 0 unspecified atom stereocenters. The van der Waals surface area contributed by atoms with Crippen LogP contribution >= 0.6 is 0 Å². The molecule has 3 aromatic rings. The number of hydrogen-bond donors (Lipinski definition) is 2. The number of ether oxygens (including phenoxy) is 2. The maximum absolute atomic E-state index is 9.56. The molecule has 0 radical (unpaired) electrons. The van der Waals surface area contributed by atoms with Gasteiger partial charge in [-0.25, -0.2) is 4.98 Å². The summed E-state index contributed by atoms with van der Waals surface area (Å²) in [4.78, 5) is 9.05. The summed E-state index contributed by atoms with van der Waals surface area (Å²) in [7, 11) is 0. The van der Waals surface area contributed by atoms with Gasteiger partial charge in [0.05, 0.1) is 37.7 Å². The molecule has 0 aliphatic carbocycles. The number of aromatic nitrogens is 1. The van der Waals surface area contributed by atoms with Gasteiger partial charge in [0.25, 0.3) is 0 Å². The molecule has 2 fully saturated rings. The van der Waals surface area contributed by atoms with Gasteiger partial charge in [-0.05, 0) is 48.5 Å². The Bertz CT molecular complexity index is 1130. The molecule has 3 heterocycles. The van der Waals surface area contributed by atoms with Crippen LogP contribution in [0.1, 0.15) is 5.56 Å². The number of anilines is 6. The van der Waals surface area contributed by atoms with Crippen molar-refractivity contribution < 1.29 is 9.47 Å². The van der Waals surface area contributed by atoms with E-state index in [0.29, 0.717) is 17.1 Å². The van der Waals surface area contributed by atoms with E-state index in [0.717, 1.165) is 64.0 Å². The third kappa shape index (κ3) is 5.22. The number of rotatable bonds is 6. The summed E-state index contributed by atoms with van der Waals surface area (Å²) in [5, 5.41) is 16.3. The molecule has 34 heavy (non-hydrogen) atoms. The van der Waals surface area contributed by atoms with Crippen molar-refractivity contribution in [1.29, 1.82) is 5.26 Å². The maximum Gasteiger partial charge on any atom is 0.132 e. The third-order valence-corrected chi connectivity index (χ3v) is 6.06. The zero-order valence-corrected chi connectivity index (χ0v) is 19.0. The molecule has 1 aromatic heterocycles. The van der Waals surface area contributed by atoms with Crippen LogP contribution in [0.3, 0.4) is 0 Å². The fourth-order valence-corrected chi connectivity index (χ4v) is 4.17. The average molecular weight is 457 g/mol. The van der Waals surface area contributed by atoms with E-state index in [2.05, 4.69) is 55.8 Å². The standard InChI is InChI=1S/C26H28N6O2/c27-18-20-19-28-26(30-22-3-7-24(8-4-22)32-11-15-34-16-12-32)17-25(20)29-21-1-5-23(6-2-21)31-9-13-33-14-10-31/h1-8,17,19H,9-16H2,(H2,28,29,30). The van der Waals surface area contributed by atoms with E-state index in [9.17, 15) is 5.26 Å². The van der Waals surface area contributed by atoms with Crippen molar-refractivity contribution in [2.75, 3.05) is 73.0 Å². The minimum atomic E-state index is 0.491. The monoisotopic (exact) mass is 456 g/mol. The first kappa shape index (κ1) is 22.0. The molecule has 0 atom stereocenters. The van der Waals surface area contributed by atoms with Crippen molar-refractivity contribution >= 4 is 34.3 Å². The molecule has 0 spiro atoms. The second kappa shape index (κ2) is 10.4. The highest BCUT2D eigenvalue weighted by atomic mass is 16.5. The van der Waals surface area contributed by atoms with Crippen molar-refractivity contribution in [2.45, 2.75) is 0 Å². The zero-order chi connectivity index (χ0) is 23.2. The average Bonchev–Trinajstić information content (AvgIpc) is 2.91. The van der Waals surface area contributed by atoms with Gasteiger partial charge in [-0.15, -0.1) is 0 Å². The topological polar surface area (TPSA) is 85.7 Å². The van der Waals surface area contributed by atoms with Crippen LogP contribution in [0, 0.1) is 11.3 Å². The largest absolute Gasteiger partial charge is 0.378 e. The van der Waals surface area contributed by atoms with E-state index in [-0.39, 0.29) is 0 Å². The summed E-state index contributed by atoms with van der Waals surface area (Å²) in [5.74, 6) is 0.672. The van der Waals surface area contributed by atoms with Crippen LogP contribution in [0.15, 0.2) is 60.8 Å². The van der Waals surface area contributed by atoms with Gasteiger partial charge in [0, 0.05) is 61.2 Å². The lowest BCUT2D eigenvalue weighted by Crippen LogP contribution is -2.36. The third-order valence-electron chi connectivity index (χ3n) is 6.06. The molecule has 2 aliphatic heterocycles. The Balaban J connectivity index is 1.27. The SMILES string of the molecule is N#Cc1cnc(Nc2ccc(N3CCOCC3)cc2)cc1Nc1ccc(N2CCOCC2)cc1. The quantitative estimate of drug-likeness (QED) is 0.573. The summed E-state index contributed by atoms with van der Waals surface area (Å²) in [6, 6.07) is 20.6. The minimum Gasteiger partial charge on any atom is -0.378 e. The fraction of sp³-hybridized carbons (Fsp3) is 0.308. The van der Waals surface area contributed by atoms with Crippen LogP contribution in [-0.2, 0) is 9.47 Å². The van der Waals surface area contributed by atoms with Gasteiger partial charge >= 0.3 is 0 Å². The van der Waals surface area contributed by atoms with Gasteiger partial charge < -0.3 is 29.9 Å². The van der Waals surface area contributed by atoms with Crippen LogP contribution < -0.4 is 20.4 Å². The first-order valence-corrected chi connectivity index (χ1v) is 11.6. The molecule has 8 nitrogen and oxygen atoms in total. The van der Waals surface area contributed by atoms with Gasteiger partial charge in [-0.3, -0.25) is 0 Å². The van der Waals surface area contributed by atoms with Crippen LogP contribution in [0.2, 0.25) is 0 Å². The first-order valence-electron chi connectivity index (χ1n) is 11.6. The van der Waals surface area contributed by atoms with Crippen molar-refractivity contribution in [3.8, 4) is 6.07 Å². The molecule has 2 N–H and O–H groups in total. The highest BCUT2D eigenvalue weighted by Crippen LogP contribution is 2.27. The van der Waals surface area contributed by atoms with Crippen molar-refractivity contribution in [3.63, 3.8) is 0 Å². The summed E-state index contributed by atoms with van der Waals surface area (Å²) in [5.41, 5.74) is 5.42. The Hall–Kier alpha value is -3.80. The lowest BCUT2D eigenvalue weighted by Gasteiger charge is -2.29. The Morgan fingerprint density at radius 1 is 0.735 bits per heavy atom. The Labute approximate surface area is 199 Å². The second-order valence-corrected chi connectivity index (χ2v) is 8.27. The summed E-state index contributed by atoms with van der Waals surface area (Å²) < 4.78 is 10.9. The Morgan fingerprint density at radius 2 is 1.24 bits per heavy atom. The molecule has 0 saturated carbocycles. The van der Waals surface area contributed by atoms with Crippen molar-refractivity contribution in [1.82, 2.24) is 4.98 Å². The number of benzene rings is 2. The van der Waals surface area contributed by atoms with Crippen molar-refractivity contribution in [2.24, 2.45) is 0 Å². The maximum atomic E-state index is 9.56. The molecule has 0 bridgehead atoms. The lowest BCUT2D eigenvalue weighted by atomic mass is 10.2. The van der Waals surface area contributed by atoms with Crippen LogP contribution in [-0.4, -0.2) is 57.6 Å². The molecule has 174 valence electrons. The van der Waals surface area contributed by atoms with Gasteiger partial charge in [0.1, 0.15) is 11.9 Å². The molecular weight excluding hydrogens is 428 g/mol. The molecule has 2 aliphatic rings. The predicted octanol–water partition coefficient (Wildman–Crippen LogP) is 4.11. The highest BCUT2D eigenvalue weighted by Gasteiger charge is 2.13. The van der Waals surface area contributed by atoms with E-state index < -0.39 is 0 Å². The lowest BCUT2D eigenvalue weighted by molar-refractivity contribution is 0.122. The number of nitrogens with zero attached hydrogens (tertiary/aromatic N) is 4. The number of hydrogen-bond acceptors (Lipinski definition) is 8. The molecule has 8 heteroatoms. The molecule has 2 saturated heterocycles. The molecular formula is C26H28N6O2. The van der Waals surface area contributed by atoms with E-state index in [4.69, 9.17) is 9.47 Å². The fourth-order valence-electron chi connectivity index (χ4n) is 4.17. The van der Waals surface area contributed by atoms with E-state index >= 15 is 0 Å². The highest BCUT2D eigenvalue weighted by molar-refractivity contribution is 5.72. The normalized spacial score (nSPS) is 16.1. The number of morpholine rings is 2. The summed E-state index contributed by atoms with van der Waals surface area (Å²) in [6.45, 7) is 6.67. The zero-order valence-electron chi connectivity index (χ0n) is 19.0. The molecule has 5 rings (SSSR count). The predicted molar refractivity (Wildman–Crippen MR) is 134 cm³/mol. The van der Waals surface area contributed by atoms with E-state index in [1.54, 1.807) is 6.20 Å². The van der Waals surface area contributed by atoms with E-state index in [1.807, 2.05) is 30.3 Å². The van der Waals surface area contributed by atoms with Gasteiger partial charge in [0.2, 0.25) is 0 Å². The van der Waals surface area contributed by atoms with E-state index in [1.165, 1.54) is 11.4 Å². The molecule has 2 aromatic carbocycles.